The molecule has 6 nitrogen and oxygen atoms in total. The largest absolute Gasteiger partial charge is 0.480 e. The topological polar surface area (TPSA) is 83.9 Å². The van der Waals surface area contributed by atoms with E-state index in [0.29, 0.717) is 0 Å². The third kappa shape index (κ3) is 3.42. The van der Waals surface area contributed by atoms with Crippen molar-refractivity contribution in [2.45, 2.75) is 17.4 Å². The van der Waals surface area contributed by atoms with Gasteiger partial charge < -0.3 is 9.84 Å². The highest BCUT2D eigenvalue weighted by Gasteiger charge is 2.46. The van der Waals surface area contributed by atoms with E-state index in [1.54, 1.807) is 6.92 Å². The number of benzene rings is 1. The Labute approximate surface area is 129 Å². The third-order valence-electron chi connectivity index (χ3n) is 3.09. The highest BCUT2D eigenvalue weighted by atomic mass is 79.9. The van der Waals surface area contributed by atoms with Crippen molar-refractivity contribution in [3.63, 3.8) is 0 Å². The van der Waals surface area contributed by atoms with Gasteiger partial charge in [0.1, 0.15) is 12.4 Å². The van der Waals surface area contributed by atoms with Gasteiger partial charge >= 0.3 is 5.97 Å². The smallest absolute Gasteiger partial charge is 0.329 e. The van der Waals surface area contributed by atoms with Crippen molar-refractivity contribution in [1.29, 1.82) is 0 Å². The zero-order chi connectivity index (χ0) is 15.8. The van der Waals surface area contributed by atoms with Gasteiger partial charge in [0.2, 0.25) is 10.0 Å². The highest BCUT2D eigenvalue weighted by Crippen LogP contribution is 2.31. The molecule has 0 spiro atoms. The number of nitrogens with zero attached hydrogens (tertiary/aromatic N) is 1. The lowest BCUT2D eigenvalue weighted by Crippen LogP contribution is -2.63. The summed E-state index contributed by atoms with van der Waals surface area (Å²) in [5.41, 5.74) is -0.834. The molecule has 0 radical (unpaired) electrons. The van der Waals surface area contributed by atoms with E-state index in [9.17, 15) is 17.6 Å². The summed E-state index contributed by atoms with van der Waals surface area (Å²) in [6.45, 7) is 1.20. The molecule has 0 bridgehead atoms. The number of halogens is 2. The van der Waals surface area contributed by atoms with E-state index in [0.717, 1.165) is 10.4 Å². The molecule has 2 rings (SSSR count). The van der Waals surface area contributed by atoms with Crippen LogP contribution in [-0.4, -0.2) is 49.1 Å². The predicted octanol–water partition coefficient (Wildman–Crippen LogP) is 1.45. The number of aliphatic carboxylic acids is 1. The first kappa shape index (κ1) is 16.3. The van der Waals surface area contributed by atoms with Crippen LogP contribution in [0.2, 0.25) is 0 Å². The summed E-state index contributed by atoms with van der Waals surface area (Å²) in [6, 6.07) is 3.56. The van der Waals surface area contributed by atoms with Crippen LogP contribution in [0.1, 0.15) is 6.92 Å². The van der Waals surface area contributed by atoms with Crippen molar-refractivity contribution < 1.29 is 27.4 Å². The summed E-state index contributed by atoms with van der Waals surface area (Å²) in [4.78, 5) is 10.3. The Balaban J connectivity index is 2.09. The summed E-state index contributed by atoms with van der Waals surface area (Å²) >= 11 is 2.96. The Hall–Kier alpha value is -1.03. The molecule has 1 fully saturated rings. The predicted molar refractivity (Wildman–Crippen MR) is 74.9 cm³/mol. The molecule has 0 aliphatic carbocycles. The SMILES string of the molecule is CC1(OCC(=O)O)CN(S(=O)(=O)c2ccc(Br)c(F)c2)C1. The number of sulfonamides is 1. The molecule has 0 atom stereocenters. The van der Waals surface area contributed by atoms with E-state index in [4.69, 9.17) is 9.84 Å². The number of rotatable bonds is 5. The number of hydrogen-bond donors (Lipinski definition) is 1. The summed E-state index contributed by atoms with van der Waals surface area (Å²) in [7, 11) is -3.81. The van der Waals surface area contributed by atoms with Gasteiger partial charge in [-0.05, 0) is 41.1 Å². The molecule has 21 heavy (non-hydrogen) atoms. The maximum absolute atomic E-state index is 13.4. The van der Waals surface area contributed by atoms with Gasteiger partial charge in [-0.3, -0.25) is 0 Å². The van der Waals surface area contributed by atoms with Gasteiger partial charge in [0.05, 0.1) is 15.0 Å². The second kappa shape index (κ2) is 5.64. The van der Waals surface area contributed by atoms with Crippen LogP contribution in [0.3, 0.4) is 0 Å². The van der Waals surface area contributed by atoms with Crippen molar-refractivity contribution in [2.75, 3.05) is 19.7 Å². The zero-order valence-electron chi connectivity index (χ0n) is 11.0. The standard InChI is InChI=1S/C12H13BrFNO5S/c1-12(20-5-11(16)17)6-15(7-12)21(18,19)8-2-3-9(13)10(14)4-8/h2-4H,5-7H2,1H3,(H,16,17). The van der Waals surface area contributed by atoms with E-state index < -0.39 is 34.0 Å². The van der Waals surface area contributed by atoms with Crippen LogP contribution in [0.25, 0.3) is 0 Å². The fourth-order valence-electron chi connectivity index (χ4n) is 1.98. The van der Waals surface area contributed by atoms with Gasteiger partial charge in [0.25, 0.3) is 0 Å². The quantitative estimate of drug-likeness (QED) is 0.834. The minimum absolute atomic E-state index is 0.0281. The van der Waals surface area contributed by atoms with E-state index in [-0.39, 0.29) is 22.5 Å². The molecule has 1 saturated heterocycles. The zero-order valence-corrected chi connectivity index (χ0v) is 13.4. The molecule has 0 unspecified atom stereocenters. The van der Waals surface area contributed by atoms with Gasteiger partial charge in [0.15, 0.2) is 0 Å². The van der Waals surface area contributed by atoms with Crippen molar-refractivity contribution >= 4 is 31.9 Å². The van der Waals surface area contributed by atoms with Gasteiger partial charge in [0, 0.05) is 13.1 Å². The summed E-state index contributed by atoms with van der Waals surface area (Å²) < 4.78 is 44.4. The molecule has 1 heterocycles. The molecule has 1 aromatic carbocycles. The number of hydrogen-bond acceptors (Lipinski definition) is 4. The Morgan fingerprint density at radius 3 is 2.67 bits per heavy atom. The first-order valence-electron chi connectivity index (χ1n) is 5.95. The minimum Gasteiger partial charge on any atom is -0.480 e. The van der Waals surface area contributed by atoms with E-state index >= 15 is 0 Å². The normalized spacial score (nSPS) is 18.2. The van der Waals surface area contributed by atoms with Crippen molar-refractivity contribution in [1.82, 2.24) is 4.31 Å². The molecule has 1 aliphatic heterocycles. The van der Waals surface area contributed by atoms with Crippen molar-refractivity contribution in [2.24, 2.45) is 0 Å². The van der Waals surface area contributed by atoms with Crippen molar-refractivity contribution in [3.8, 4) is 0 Å². The molecule has 0 saturated carbocycles. The first-order valence-corrected chi connectivity index (χ1v) is 8.18. The Morgan fingerprint density at radius 2 is 2.14 bits per heavy atom. The molecular formula is C12H13BrFNO5S. The van der Waals surface area contributed by atoms with Crippen LogP contribution >= 0.6 is 15.9 Å². The molecular weight excluding hydrogens is 369 g/mol. The molecule has 0 amide bonds. The fourth-order valence-corrected chi connectivity index (χ4v) is 3.91. The second-order valence-corrected chi connectivity index (χ2v) is 7.77. The number of ether oxygens (including phenoxy) is 1. The van der Waals surface area contributed by atoms with E-state index in [2.05, 4.69) is 15.9 Å². The lowest BCUT2D eigenvalue weighted by atomic mass is 10.0. The van der Waals surface area contributed by atoms with Crippen LogP contribution in [-0.2, 0) is 19.6 Å². The van der Waals surface area contributed by atoms with Crippen LogP contribution in [0.4, 0.5) is 4.39 Å². The number of carboxylic acid groups (broad SMARTS) is 1. The van der Waals surface area contributed by atoms with Crippen LogP contribution in [0.15, 0.2) is 27.6 Å². The Bertz CT molecular complexity index is 672. The minimum atomic E-state index is -3.81. The van der Waals surface area contributed by atoms with Crippen LogP contribution in [0.5, 0.6) is 0 Å². The van der Waals surface area contributed by atoms with Gasteiger partial charge in [-0.25, -0.2) is 17.6 Å². The maximum atomic E-state index is 13.4. The van der Waals surface area contributed by atoms with E-state index in [1.807, 2.05) is 0 Å². The Kier molecular flexibility index (Phi) is 4.39. The third-order valence-corrected chi connectivity index (χ3v) is 5.53. The lowest BCUT2D eigenvalue weighted by Gasteiger charge is -2.46. The summed E-state index contributed by atoms with van der Waals surface area (Å²) in [5.74, 6) is -1.78. The molecule has 1 N–H and O–H groups in total. The Morgan fingerprint density at radius 1 is 1.52 bits per heavy atom. The fraction of sp³-hybridized carbons (Fsp3) is 0.417. The summed E-state index contributed by atoms with van der Waals surface area (Å²) in [6.07, 6.45) is 0. The number of carboxylic acids is 1. The maximum Gasteiger partial charge on any atom is 0.329 e. The van der Waals surface area contributed by atoms with Crippen molar-refractivity contribution in [3.05, 3.63) is 28.5 Å². The second-order valence-electron chi connectivity index (χ2n) is 4.98. The lowest BCUT2D eigenvalue weighted by molar-refractivity contribution is -0.157. The summed E-state index contributed by atoms with van der Waals surface area (Å²) in [5, 5.41) is 8.55. The highest BCUT2D eigenvalue weighted by molar-refractivity contribution is 9.10. The van der Waals surface area contributed by atoms with Crippen LogP contribution in [0, 0.1) is 5.82 Å². The first-order chi connectivity index (χ1) is 9.64. The monoisotopic (exact) mass is 381 g/mol. The van der Waals surface area contributed by atoms with E-state index in [1.165, 1.54) is 12.1 Å². The van der Waals surface area contributed by atoms with Gasteiger partial charge in [-0.15, -0.1) is 0 Å². The van der Waals surface area contributed by atoms with Crippen LogP contribution < -0.4 is 0 Å². The molecule has 1 aromatic rings. The average molecular weight is 382 g/mol. The average Bonchev–Trinajstić information content (AvgIpc) is 2.36. The molecule has 1 aliphatic rings. The van der Waals surface area contributed by atoms with Gasteiger partial charge in [-0.2, -0.15) is 4.31 Å². The van der Waals surface area contributed by atoms with Gasteiger partial charge in [-0.1, -0.05) is 0 Å². The number of carbonyl (C=O) groups is 1. The molecule has 9 heteroatoms. The molecule has 116 valence electrons. The molecule has 0 aromatic heterocycles.